The summed E-state index contributed by atoms with van der Waals surface area (Å²) in [4.78, 5) is 12.6. The molecular formula is C43H34N4O4S3. The number of fused-ring (bicyclic) bond motifs is 2. The maximum absolute atomic E-state index is 13.6. The van der Waals surface area contributed by atoms with E-state index in [2.05, 4.69) is 43.9 Å². The minimum absolute atomic E-state index is 0.218. The Bertz CT molecular complexity index is 2820. The van der Waals surface area contributed by atoms with Crippen molar-refractivity contribution in [3.05, 3.63) is 149 Å². The van der Waals surface area contributed by atoms with E-state index in [9.17, 15) is 8.42 Å². The summed E-state index contributed by atoms with van der Waals surface area (Å²) in [6, 6.07) is 30.8. The molecule has 0 spiro atoms. The van der Waals surface area contributed by atoms with Gasteiger partial charge >= 0.3 is 0 Å². The molecule has 0 saturated carbocycles. The SMILES string of the molecule is COc1ccccc1-c1c[nH]c2ncc(-c3ccsc3)cc12.COc1ccccc1-c1cn(S(=O)(=O)c2ccc(C)cc2)c2ncc(-c3ccsc3)cc12. The lowest BCUT2D eigenvalue weighted by Crippen LogP contribution is -2.12. The van der Waals surface area contributed by atoms with Crippen molar-refractivity contribution in [3.8, 4) is 56.0 Å². The molecule has 3 aromatic carbocycles. The van der Waals surface area contributed by atoms with Gasteiger partial charge in [-0.25, -0.2) is 22.4 Å². The van der Waals surface area contributed by atoms with Crippen LogP contribution in [-0.4, -0.2) is 41.6 Å². The van der Waals surface area contributed by atoms with Crippen LogP contribution in [0.3, 0.4) is 0 Å². The summed E-state index contributed by atoms with van der Waals surface area (Å²) in [5, 5.41) is 10.1. The molecular weight excluding hydrogens is 733 g/mol. The fourth-order valence-electron chi connectivity index (χ4n) is 6.43. The number of aromatic nitrogens is 4. The number of hydrogen-bond donors (Lipinski definition) is 1. The first-order valence-electron chi connectivity index (χ1n) is 17.0. The molecule has 9 aromatic rings. The van der Waals surface area contributed by atoms with E-state index in [1.54, 1.807) is 73.6 Å². The van der Waals surface area contributed by atoms with Crippen molar-refractivity contribution >= 4 is 54.8 Å². The highest BCUT2D eigenvalue weighted by Crippen LogP contribution is 2.39. The summed E-state index contributed by atoms with van der Waals surface area (Å²) in [5.74, 6) is 1.53. The molecule has 54 heavy (non-hydrogen) atoms. The molecule has 11 heteroatoms. The molecule has 0 unspecified atom stereocenters. The Morgan fingerprint density at radius 2 is 1.22 bits per heavy atom. The third kappa shape index (κ3) is 6.57. The van der Waals surface area contributed by atoms with Crippen molar-refractivity contribution in [2.24, 2.45) is 0 Å². The predicted molar refractivity (Wildman–Crippen MR) is 220 cm³/mol. The Morgan fingerprint density at radius 1 is 0.648 bits per heavy atom. The van der Waals surface area contributed by atoms with Crippen LogP contribution < -0.4 is 9.47 Å². The van der Waals surface area contributed by atoms with Gasteiger partial charge in [-0.3, -0.25) is 0 Å². The maximum Gasteiger partial charge on any atom is 0.269 e. The fourth-order valence-corrected chi connectivity index (χ4v) is 9.09. The van der Waals surface area contributed by atoms with Crippen LogP contribution in [0, 0.1) is 6.92 Å². The van der Waals surface area contributed by atoms with Gasteiger partial charge in [-0.05, 0) is 88.1 Å². The van der Waals surface area contributed by atoms with Crippen LogP contribution >= 0.6 is 22.7 Å². The Hall–Kier alpha value is -6.01. The van der Waals surface area contributed by atoms with E-state index in [1.165, 1.54) is 9.54 Å². The zero-order chi connectivity index (χ0) is 37.2. The van der Waals surface area contributed by atoms with Gasteiger partial charge in [0, 0.05) is 68.9 Å². The van der Waals surface area contributed by atoms with Crippen molar-refractivity contribution in [1.82, 2.24) is 18.9 Å². The van der Waals surface area contributed by atoms with Gasteiger partial charge in [0.25, 0.3) is 10.0 Å². The number of para-hydroxylation sites is 2. The van der Waals surface area contributed by atoms with E-state index in [0.29, 0.717) is 11.4 Å². The number of aromatic amines is 1. The lowest BCUT2D eigenvalue weighted by molar-refractivity contribution is 0.416. The number of thiophene rings is 2. The van der Waals surface area contributed by atoms with Crippen LogP contribution in [0.15, 0.2) is 148 Å². The number of hydrogen-bond acceptors (Lipinski definition) is 8. The third-order valence-corrected chi connectivity index (χ3v) is 12.3. The number of rotatable bonds is 8. The van der Waals surface area contributed by atoms with Crippen molar-refractivity contribution in [2.45, 2.75) is 11.8 Å². The van der Waals surface area contributed by atoms with Gasteiger partial charge in [-0.2, -0.15) is 22.7 Å². The number of aryl methyl sites for hydroxylation is 1. The van der Waals surface area contributed by atoms with E-state index in [4.69, 9.17) is 9.47 Å². The van der Waals surface area contributed by atoms with Gasteiger partial charge in [0.05, 0.1) is 19.1 Å². The second kappa shape index (κ2) is 14.8. The van der Waals surface area contributed by atoms with Crippen LogP contribution in [0.4, 0.5) is 0 Å². The summed E-state index contributed by atoms with van der Waals surface area (Å²) in [6.45, 7) is 1.93. The van der Waals surface area contributed by atoms with Crippen molar-refractivity contribution in [1.29, 1.82) is 0 Å². The standard InChI is InChI=1S/C25H20N2O3S2.C18H14N2OS/c1-17-7-9-20(10-8-17)32(28,29)27-15-23(21-5-3-4-6-24(21)30-2)22-13-19(14-26-25(22)27)18-11-12-31-16-18;1-21-17-5-3-2-4-14(17)16-10-20-18-15(16)8-13(9-19-18)12-6-7-22-11-12/h3-16H,1-2H3;2-11H,1H3,(H,19,20). The van der Waals surface area contributed by atoms with Gasteiger partial charge < -0.3 is 14.5 Å². The highest BCUT2D eigenvalue weighted by molar-refractivity contribution is 7.90. The van der Waals surface area contributed by atoms with E-state index < -0.39 is 10.0 Å². The number of H-pyrrole nitrogens is 1. The van der Waals surface area contributed by atoms with Gasteiger partial charge in [0.15, 0.2) is 5.65 Å². The van der Waals surface area contributed by atoms with Crippen LogP contribution in [-0.2, 0) is 10.0 Å². The first-order valence-corrected chi connectivity index (χ1v) is 20.3. The average molecular weight is 767 g/mol. The number of methoxy groups -OCH3 is 2. The van der Waals surface area contributed by atoms with E-state index in [1.807, 2.05) is 84.7 Å². The number of benzene rings is 3. The minimum Gasteiger partial charge on any atom is -0.496 e. The number of pyridine rings is 2. The Labute approximate surface area is 321 Å². The molecule has 1 N–H and O–H groups in total. The van der Waals surface area contributed by atoms with Gasteiger partial charge in [0.2, 0.25) is 0 Å². The van der Waals surface area contributed by atoms with Gasteiger partial charge in [0.1, 0.15) is 17.1 Å². The van der Waals surface area contributed by atoms with E-state index >= 15 is 0 Å². The zero-order valence-electron chi connectivity index (χ0n) is 29.6. The number of nitrogens with one attached hydrogen (secondary N) is 1. The maximum atomic E-state index is 13.6. The molecule has 6 heterocycles. The molecule has 0 aliphatic heterocycles. The third-order valence-electron chi connectivity index (χ3n) is 9.22. The first-order chi connectivity index (χ1) is 26.4. The largest absolute Gasteiger partial charge is 0.496 e. The molecule has 6 aromatic heterocycles. The molecule has 0 aliphatic carbocycles. The fraction of sp³-hybridized carbons (Fsp3) is 0.0698. The normalized spacial score (nSPS) is 11.4. The molecule has 0 amide bonds. The van der Waals surface area contributed by atoms with Crippen molar-refractivity contribution < 1.29 is 17.9 Å². The molecule has 0 radical (unpaired) electrons. The Balaban J connectivity index is 0.000000164. The molecule has 8 nitrogen and oxygen atoms in total. The quantitative estimate of drug-likeness (QED) is 0.165. The summed E-state index contributed by atoms with van der Waals surface area (Å²) in [6.07, 6.45) is 7.26. The molecule has 268 valence electrons. The topological polar surface area (TPSA) is 99.1 Å². The Kier molecular flexibility index (Phi) is 9.59. The van der Waals surface area contributed by atoms with Crippen LogP contribution in [0.2, 0.25) is 0 Å². The van der Waals surface area contributed by atoms with Gasteiger partial charge in [-0.15, -0.1) is 0 Å². The molecule has 0 aliphatic rings. The lowest BCUT2D eigenvalue weighted by Gasteiger charge is -2.07. The molecule has 0 saturated heterocycles. The molecule has 9 rings (SSSR count). The number of ether oxygens (including phenoxy) is 2. The monoisotopic (exact) mass is 766 g/mol. The second-order valence-electron chi connectivity index (χ2n) is 12.5. The first kappa shape index (κ1) is 35.0. The minimum atomic E-state index is -3.84. The molecule has 0 fully saturated rings. The zero-order valence-corrected chi connectivity index (χ0v) is 32.0. The lowest BCUT2D eigenvalue weighted by atomic mass is 10.0. The highest BCUT2D eigenvalue weighted by Gasteiger charge is 2.24. The van der Waals surface area contributed by atoms with E-state index in [0.717, 1.165) is 66.7 Å². The van der Waals surface area contributed by atoms with Crippen molar-refractivity contribution in [3.63, 3.8) is 0 Å². The molecule has 0 atom stereocenters. The average Bonchev–Trinajstić information content (AvgIpc) is 4.05. The summed E-state index contributed by atoms with van der Waals surface area (Å²) in [7, 11) is -0.536. The number of nitrogens with zero attached hydrogens (tertiary/aromatic N) is 3. The van der Waals surface area contributed by atoms with Crippen LogP contribution in [0.1, 0.15) is 5.56 Å². The van der Waals surface area contributed by atoms with Crippen LogP contribution in [0.5, 0.6) is 11.5 Å². The molecule has 0 bridgehead atoms. The van der Waals surface area contributed by atoms with E-state index in [-0.39, 0.29) is 4.90 Å². The highest BCUT2D eigenvalue weighted by atomic mass is 32.2. The predicted octanol–water partition coefficient (Wildman–Crippen LogP) is 11.0. The Morgan fingerprint density at radius 3 is 1.81 bits per heavy atom. The second-order valence-corrected chi connectivity index (χ2v) is 15.9. The summed E-state index contributed by atoms with van der Waals surface area (Å²) < 4.78 is 39.5. The van der Waals surface area contributed by atoms with Gasteiger partial charge in [-0.1, -0.05) is 54.1 Å². The van der Waals surface area contributed by atoms with Crippen LogP contribution in [0.25, 0.3) is 66.6 Å². The summed E-state index contributed by atoms with van der Waals surface area (Å²) in [5.41, 5.74) is 10.3. The smallest absolute Gasteiger partial charge is 0.269 e. The van der Waals surface area contributed by atoms with Crippen molar-refractivity contribution in [2.75, 3.05) is 14.2 Å². The summed E-state index contributed by atoms with van der Waals surface area (Å²) >= 11 is 3.30.